The largest absolute Gasteiger partial charge is 0.310 e. The Morgan fingerprint density at radius 3 is 0.762 bits per heavy atom. The number of aromatic nitrogens is 8. The Balaban J connectivity index is 1.04. The molecule has 0 saturated carbocycles. The summed E-state index contributed by atoms with van der Waals surface area (Å²) in [5, 5.41) is 0. The highest BCUT2D eigenvalue weighted by Crippen LogP contribution is 2.55. The van der Waals surface area contributed by atoms with E-state index < -0.39 is 6.71 Å². The summed E-state index contributed by atoms with van der Waals surface area (Å²) in [7, 11) is 0. The normalized spacial score (nSPS) is 11.9. The minimum absolute atomic E-state index is 0.498. The third kappa shape index (κ3) is 11.5. The van der Waals surface area contributed by atoms with Crippen LogP contribution in [0.3, 0.4) is 0 Å². The summed E-state index contributed by atoms with van der Waals surface area (Å²) >= 11 is 0. The van der Waals surface area contributed by atoms with Crippen LogP contribution in [0.15, 0.2) is 370 Å². The molecule has 0 aliphatic carbocycles. The molecule has 2 aliphatic rings. The molecule has 0 bridgehead atoms. The van der Waals surface area contributed by atoms with Crippen LogP contribution in [0.2, 0.25) is 0 Å². The van der Waals surface area contributed by atoms with Crippen LogP contribution < -0.4 is 26.2 Å². The lowest BCUT2D eigenvalue weighted by molar-refractivity contribution is 1.07. The standard InChI is InChI=1S/C94H61BN10/c1-11-33-62(34-12-1)70-57-76(93-100-89(66-41-19-5-20-42-66)98-90(101-93)67-43-21-6-22-44-67)85-78(59-70)95-79-60-71(63-35-13-2-14-36-63)58-77(94-102-91(68-45-23-7-24-46-68)99-92(103-94)69-47-25-8-26-48-69)86(79)105(73-51-29-10-30-52-73)88-75(83-56-32-54-81(97-83)65-39-17-4-18-40-65)61-74(87(84(88)95)104(85)72-49-27-9-28-50-72)82-55-31-53-80(96-82)64-37-15-3-16-38-64/h1-61H. The summed E-state index contributed by atoms with van der Waals surface area (Å²) < 4.78 is 0. The second-order valence-corrected chi connectivity index (χ2v) is 26.1. The molecule has 10 nitrogen and oxygen atoms in total. The number of hydrogen-bond acceptors (Lipinski definition) is 10. The van der Waals surface area contributed by atoms with Crippen molar-refractivity contribution >= 4 is 57.2 Å². The molecule has 17 aromatic rings. The SMILES string of the molecule is c1ccc(-c2cc3c(c(-c4nc(-c5ccccc5)nc(-c5ccccc5)n4)c2)N(c2ccccc2)c2c(-c4cccc(-c5ccccc5)n4)cc(-c4cccc(-c5ccccc5)n4)c4c2B3c2cc(-c3ccccc3)cc(-c3nc(-c5ccccc5)nc(-c5ccccc5)n3)c2N4c2ccccc2)cc1. The highest BCUT2D eigenvalue weighted by atomic mass is 15.2. The van der Waals surface area contributed by atoms with Crippen LogP contribution >= 0.6 is 0 Å². The van der Waals surface area contributed by atoms with Crippen LogP contribution in [0.4, 0.5) is 34.1 Å². The van der Waals surface area contributed by atoms with E-state index in [0.717, 1.165) is 151 Å². The molecular weight excluding hydrogens is 1280 g/mol. The zero-order valence-electron chi connectivity index (χ0n) is 56.8. The van der Waals surface area contributed by atoms with Crippen molar-refractivity contribution in [2.75, 3.05) is 9.80 Å². The Hall–Kier alpha value is -14.2. The number of fused-ring (bicyclic) bond motifs is 4. The first-order valence-corrected chi connectivity index (χ1v) is 35.3. The van der Waals surface area contributed by atoms with Gasteiger partial charge in [0.1, 0.15) is 0 Å². The van der Waals surface area contributed by atoms with E-state index in [4.69, 9.17) is 39.9 Å². The van der Waals surface area contributed by atoms with E-state index in [9.17, 15) is 0 Å². The van der Waals surface area contributed by atoms with Crippen molar-refractivity contribution in [3.8, 4) is 136 Å². The van der Waals surface area contributed by atoms with Gasteiger partial charge in [-0.25, -0.2) is 39.9 Å². The van der Waals surface area contributed by atoms with Gasteiger partial charge in [-0.1, -0.05) is 303 Å². The average Bonchev–Trinajstić information content (AvgIpc) is 0.677. The number of anilines is 6. The monoisotopic (exact) mass is 1340 g/mol. The van der Waals surface area contributed by atoms with Gasteiger partial charge >= 0.3 is 0 Å². The molecule has 0 saturated heterocycles. The molecule has 2 aliphatic heterocycles. The molecule has 0 fully saturated rings. The number of pyridine rings is 2. The van der Waals surface area contributed by atoms with E-state index in [0.29, 0.717) is 34.9 Å². The van der Waals surface area contributed by atoms with E-state index in [1.807, 2.05) is 84.9 Å². The van der Waals surface area contributed by atoms with Gasteiger partial charge in [-0.3, -0.25) is 0 Å². The fourth-order valence-electron chi connectivity index (χ4n) is 15.0. The first-order valence-electron chi connectivity index (χ1n) is 35.3. The van der Waals surface area contributed by atoms with E-state index in [1.54, 1.807) is 0 Å². The summed E-state index contributed by atoms with van der Waals surface area (Å²) in [5.74, 6) is 3.17. The fraction of sp³-hybridized carbons (Fsp3) is 0. The Labute approximate surface area is 608 Å². The third-order valence-electron chi connectivity index (χ3n) is 19.7. The number of rotatable bonds is 14. The summed E-state index contributed by atoms with van der Waals surface area (Å²) in [4.78, 5) is 50.0. The highest BCUT2D eigenvalue weighted by Gasteiger charge is 2.49. The van der Waals surface area contributed by atoms with Crippen LogP contribution in [0.5, 0.6) is 0 Å². The third-order valence-corrected chi connectivity index (χ3v) is 19.7. The first-order chi connectivity index (χ1) is 52.1. The molecule has 0 atom stereocenters. The Morgan fingerprint density at radius 1 is 0.181 bits per heavy atom. The van der Waals surface area contributed by atoms with Crippen molar-refractivity contribution < 1.29 is 0 Å². The van der Waals surface area contributed by atoms with Gasteiger partial charge in [0, 0.05) is 67.0 Å². The van der Waals surface area contributed by atoms with Gasteiger partial charge in [-0.15, -0.1) is 0 Å². The Morgan fingerprint density at radius 2 is 0.448 bits per heavy atom. The van der Waals surface area contributed by atoms with Crippen molar-refractivity contribution in [2.45, 2.75) is 0 Å². The maximum atomic E-state index is 5.81. The van der Waals surface area contributed by atoms with E-state index >= 15 is 0 Å². The van der Waals surface area contributed by atoms with Gasteiger partial charge in [0.2, 0.25) is 0 Å². The summed E-state index contributed by atoms with van der Waals surface area (Å²) in [6.07, 6.45) is 0. The van der Waals surface area contributed by atoms with Crippen molar-refractivity contribution in [2.24, 2.45) is 0 Å². The second-order valence-electron chi connectivity index (χ2n) is 26.1. The van der Waals surface area contributed by atoms with E-state index in [1.165, 1.54) is 0 Å². The van der Waals surface area contributed by atoms with Gasteiger partial charge in [0.25, 0.3) is 6.71 Å². The molecule has 0 spiro atoms. The summed E-state index contributed by atoms with van der Waals surface area (Å²) in [5.41, 5.74) is 24.4. The second kappa shape index (κ2) is 26.7. The Kier molecular flexibility index (Phi) is 15.8. The minimum atomic E-state index is -0.605. The van der Waals surface area contributed by atoms with Gasteiger partial charge in [0.15, 0.2) is 34.9 Å². The quantitative estimate of drug-likeness (QED) is 0.0976. The van der Waals surface area contributed by atoms with Crippen molar-refractivity contribution in [1.29, 1.82) is 0 Å². The first kappa shape index (κ1) is 61.9. The molecule has 490 valence electrons. The number of nitrogens with zero attached hydrogens (tertiary/aromatic N) is 10. The minimum Gasteiger partial charge on any atom is -0.310 e. The van der Waals surface area contributed by atoms with Gasteiger partial charge in [-0.05, 0) is 105 Å². The summed E-state index contributed by atoms with van der Waals surface area (Å²) in [6.45, 7) is -0.605. The average molecular weight is 1340 g/mol. The molecule has 0 amide bonds. The Bertz CT molecular complexity index is 5580. The lowest BCUT2D eigenvalue weighted by Crippen LogP contribution is -2.62. The van der Waals surface area contributed by atoms with Crippen LogP contribution in [-0.2, 0) is 0 Å². The van der Waals surface area contributed by atoms with Gasteiger partial charge < -0.3 is 9.80 Å². The summed E-state index contributed by atoms with van der Waals surface area (Å²) in [6, 6.07) is 129. The molecule has 4 aromatic heterocycles. The van der Waals surface area contributed by atoms with Crippen LogP contribution in [0.25, 0.3) is 136 Å². The van der Waals surface area contributed by atoms with Gasteiger partial charge in [-0.2, -0.15) is 0 Å². The van der Waals surface area contributed by atoms with Gasteiger partial charge in [0.05, 0.1) is 45.5 Å². The fourth-order valence-corrected chi connectivity index (χ4v) is 15.0. The van der Waals surface area contributed by atoms with E-state index in [2.05, 4.69) is 295 Å². The molecular formula is C94H61BN10. The molecule has 11 heteroatoms. The maximum absolute atomic E-state index is 5.81. The highest BCUT2D eigenvalue weighted by molar-refractivity contribution is 7.01. The predicted molar refractivity (Wildman–Crippen MR) is 428 cm³/mol. The van der Waals surface area contributed by atoms with Crippen molar-refractivity contribution in [3.63, 3.8) is 0 Å². The van der Waals surface area contributed by atoms with Crippen LogP contribution in [0, 0.1) is 0 Å². The number of para-hydroxylation sites is 2. The van der Waals surface area contributed by atoms with Crippen LogP contribution in [-0.4, -0.2) is 46.6 Å². The van der Waals surface area contributed by atoms with E-state index in [-0.39, 0.29) is 0 Å². The lowest BCUT2D eigenvalue weighted by Gasteiger charge is -2.47. The zero-order valence-corrected chi connectivity index (χ0v) is 56.8. The molecule has 0 unspecified atom stereocenters. The molecule has 13 aromatic carbocycles. The molecule has 19 rings (SSSR count). The number of hydrogen-bond donors (Lipinski definition) is 0. The van der Waals surface area contributed by atoms with Crippen LogP contribution in [0.1, 0.15) is 0 Å². The number of benzene rings is 13. The zero-order chi connectivity index (χ0) is 69.6. The molecule has 0 N–H and O–H groups in total. The molecule has 6 heterocycles. The predicted octanol–water partition coefficient (Wildman–Crippen LogP) is 20.9. The van der Waals surface area contributed by atoms with Crippen molar-refractivity contribution in [3.05, 3.63) is 370 Å². The topological polar surface area (TPSA) is 110 Å². The van der Waals surface area contributed by atoms with Crippen molar-refractivity contribution in [1.82, 2.24) is 39.9 Å². The smallest absolute Gasteiger partial charge is 0.252 e. The molecule has 0 radical (unpaired) electrons. The maximum Gasteiger partial charge on any atom is 0.252 e. The molecule has 105 heavy (non-hydrogen) atoms. The lowest BCUT2D eigenvalue weighted by atomic mass is 9.32.